The molecule has 30 heavy (non-hydrogen) atoms. The first-order chi connectivity index (χ1) is 14.3. The highest BCUT2D eigenvalue weighted by atomic mass is 32.2. The van der Waals surface area contributed by atoms with E-state index in [0.29, 0.717) is 36.6 Å². The standard InChI is InChI=1S/C21H28N2O5S2/c1-15-6-9-20(29-15)30(25,26)23-12-4-5-17(14-23)21(24)22-11-10-16-13-18(27-2)7-8-19(16)28-3/h6-9,13,17H,4-5,10-12,14H2,1-3H3,(H,22,24). The van der Waals surface area contributed by atoms with Crippen molar-refractivity contribution in [2.75, 3.05) is 33.9 Å². The summed E-state index contributed by atoms with van der Waals surface area (Å²) in [4.78, 5) is 13.6. The second-order valence-electron chi connectivity index (χ2n) is 7.29. The normalized spacial score (nSPS) is 17.5. The minimum absolute atomic E-state index is 0.112. The minimum Gasteiger partial charge on any atom is -0.497 e. The molecular formula is C21H28N2O5S2. The van der Waals surface area contributed by atoms with Gasteiger partial charge in [0, 0.05) is 24.5 Å². The number of carbonyl (C=O) groups excluding carboxylic acids is 1. The number of nitrogens with one attached hydrogen (secondary N) is 1. The molecule has 0 saturated carbocycles. The minimum atomic E-state index is -3.55. The number of amides is 1. The summed E-state index contributed by atoms with van der Waals surface area (Å²) < 4.78 is 38.2. The monoisotopic (exact) mass is 452 g/mol. The summed E-state index contributed by atoms with van der Waals surface area (Å²) in [6.45, 7) is 2.99. The predicted molar refractivity (Wildman–Crippen MR) is 117 cm³/mol. The van der Waals surface area contributed by atoms with Gasteiger partial charge < -0.3 is 14.8 Å². The smallest absolute Gasteiger partial charge is 0.252 e. The number of nitrogens with zero attached hydrogens (tertiary/aromatic N) is 1. The lowest BCUT2D eigenvalue weighted by Crippen LogP contribution is -2.45. The van der Waals surface area contributed by atoms with Crippen LogP contribution in [0.4, 0.5) is 0 Å². The molecule has 1 N–H and O–H groups in total. The van der Waals surface area contributed by atoms with Crippen molar-refractivity contribution < 1.29 is 22.7 Å². The summed E-state index contributed by atoms with van der Waals surface area (Å²) in [6, 6.07) is 9.00. The van der Waals surface area contributed by atoms with Crippen molar-refractivity contribution in [3.63, 3.8) is 0 Å². The number of sulfonamides is 1. The molecule has 0 aliphatic carbocycles. The highest BCUT2D eigenvalue weighted by Crippen LogP contribution is 2.28. The number of thiophene rings is 1. The van der Waals surface area contributed by atoms with Gasteiger partial charge in [-0.2, -0.15) is 4.31 Å². The number of ether oxygens (including phenoxy) is 2. The molecule has 1 aromatic heterocycles. The Morgan fingerprint density at radius 2 is 2.03 bits per heavy atom. The number of aryl methyl sites for hydroxylation is 1. The zero-order valence-electron chi connectivity index (χ0n) is 17.5. The molecule has 1 aromatic carbocycles. The van der Waals surface area contributed by atoms with Crippen molar-refractivity contribution in [3.8, 4) is 11.5 Å². The molecule has 1 fully saturated rings. The number of hydrogen-bond acceptors (Lipinski definition) is 6. The predicted octanol–water partition coefficient (Wildman–Crippen LogP) is 2.83. The Bertz CT molecular complexity index is 987. The first-order valence-corrected chi connectivity index (χ1v) is 12.2. The van der Waals surface area contributed by atoms with Crippen LogP contribution >= 0.6 is 11.3 Å². The Kier molecular flexibility index (Phi) is 7.38. The lowest BCUT2D eigenvalue weighted by Gasteiger charge is -2.30. The van der Waals surface area contributed by atoms with E-state index >= 15 is 0 Å². The Hall–Kier alpha value is -2.10. The zero-order chi connectivity index (χ0) is 21.7. The van der Waals surface area contributed by atoms with E-state index in [1.165, 1.54) is 15.6 Å². The molecule has 1 aliphatic rings. The topological polar surface area (TPSA) is 84.9 Å². The molecule has 3 rings (SSSR count). The maximum Gasteiger partial charge on any atom is 0.252 e. The average molecular weight is 453 g/mol. The Morgan fingerprint density at radius 3 is 2.70 bits per heavy atom. The van der Waals surface area contributed by atoms with Crippen molar-refractivity contribution >= 4 is 27.3 Å². The second kappa shape index (κ2) is 9.80. The van der Waals surface area contributed by atoms with Crippen molar-refractivity contribution in [2.24, 2.45) is 5.92 Å². The first-order valence-electron chi connectivity index (χ1n) is 9.90. The van der Waals surface area contributed by atoms with E-state index in [9.17, 15) is 13.2 Å². The third-order valence-electron chi connectivity index (χ3n) is 5.25. The largest absolute Gasteiger partial charge is 0.497 e. The van der Waals surface area contributed by atoms with Gasteiger partial charge in [-0.25, -0.2) is 8.42 Å². The average Bonchev–Trinajstić information content (AvgIpc) is 3.20. The van der Waals surface area contributed by atoms with Crippen molar-refractivity contribution in [2.45, 2.75) is 30.4 Å². The zero-order valence-corrected chi connectivity index (χ0v) is 19.1. The number of hydrogen-bond donors (Lipinski definition) is 1. The number of carbonyl (C=O) groups is 1. The fourth-order valence-electron chi connectivity index (χ4n) is 3.59. The number of piperidine rings is 1. The number of benzene rings is 1. The van der Waals surface area contributed by atoms with Crippen LogP contribution in [0.5, 0.6) is 11.5 Å². The lowest BCUT2D eigenvalue weighted by atomic mass is 9.98. The summed E-state index contributed by atoms with van der Waals surface area (Å²) >= 11 is 1.26. The van der Waals surface area contributed by atoms with Gasteiger partial charge in [-0.3, -0.25) is 4.79 Å². The molecule has 0 bridgehead atoms. The Balaban J connectivity index is 1.58. The summed E-state index contributed by atoms with van der Waals surface area (Å²) in [5.41, 5.74) is 0.943. The maximum absolute atomic E-state index is 12.9. The molecule has 2 heterocycles. The molecule has 1 unspecified atom stereocenters. The van der Waals surface area contributed by atoms with E-state index in [-0.39, 0.29) is 18.4 Å². The van der Waals surface area contributed by atoms with Gasteiger partial charge in [-0.15, -0.1) is 11.3 Å². The molecule has 1 amide bonds. The van der Waals surface area contributed by atoms with Crippen LogP contribution < -0.4 is 14.8 Å². The van der Waals surface area contributed by atoms with E-state index in [4.69, 9.17) is 9.47 Å². The number of methoxy groups -OCH3 is 2. The fraction of sp³-hybridized carbons (Fsp3) is 0.476. The maximum atomic E-state index is 12.9. The summed E-state index contributed by atoms with van der Waals surface area (Å²) in [5, 5.41) is 2.95. The van der Waals surface area contributed by atoms with Gasteiger partial charge in [0.2, 0.25) is 5.91 Å². The highest BCUT2D eigenvalue weighted by molar-refractivity contribution is 7.91. The van der Waals surface area contributed by atoms with Crippen molar-refractivity contribution in [1.82, 2.24) is 9.62 Å². The molecule has 7 nitrogen and oxygen atoms in total. The lowest BCUT2D eigenvalue weighted by molar-refractivity contribution is -0.126. The second-order valence-corrected chi connectivity index (χ2v) is 10.7. The Morgan fingerprint density at radius 1 is 1.23 bits per heavy atom. The van der Waals surface area contributed by atoms with Gasteiger partial charge in [0.15, 0.2) is 0 Å². The molecule has 0 radical (unpaired) electrons. The van der Waals surface area contributed by atoms with E-state index in [1.54, 1.807) is 26.4 Å². The molecule has 2 aromatic rings. The Labute approximate surface area is 182 Å². The van der Waals surface area contributed by atoms with Crippen LogP contribution in [0, 0.1) is 12.8 Å². The van der Waals surface area contributed by atoms with Crippen molar-refractivity contribution in [3.05, 3.63) is 40.8 Å². The van der Waals surface area contributed by atoms with Crippen LogP contribution in [0.1, 0.15) is 23.3 Å². The molecule has 1 saturated heterocycles. The molecule has 9 heteroatoms. The molecule has 0 spiro atoms. The molecule has 1 atom stereocenters. The summed E-state index contributed by atoms with van der Waals surface area (Å²) in [7, 11) is -0.334. The number of rotatable bonds is 8. The van der Waals surface area contributed by atoms with E-state index in [1.807, 2.05) is 25.1 Å². The third-order valence-corrected chi connectivity index (χ3v) is 8.58. The summed E-state index contributed by atoms with van der Waals surface area (Å²) in [6.07, 6.45) is 1.95. The summed E-state index contributed by atoms with van der Waals surface area (Å²) in [5.74, 6) is 1.02. The molecular weight excluding hydrogens is 424 g/mol. The van der Waals surface area contributed by atoms with Gasteiger partial charge in [-0.1, -0.05) is 0 Å². The van der Waals surface area contributed by atoms with Gasteiger partial charge in [0.1, 0.15) is 15.7 Å². The molecule has 164 valence electrons. The van der Waals surface area contributed by atoms with Crippen LogP contribution in [0.2, 0.25) is 0 Å². The fourth-order valence-corrected chi connectivity index (χ4v) is 6.56. The van der Waals surface area contributed by atoms with Crippen LogP contribution in [-0.2, 0) is 21.2 Å². The highest BCUT2D eigenvalue weighted by Gasteiger charge is 2.33. The SMILES string of the molecule is COc1ccc(OC)c(CCNC(=O)C2CCCN(S(=O)(=O)c3ccc(C)s3)C2)c1. The molecule has 1 aliphatic heterocycles. The van der Waals surface area contributed by atoms with Crippen LogP contribution in [0.3, 0.4) is 0 Å². The van der Waals surface area contributed by atoms with Gasteiger partial charge in [-0.05, 0) is 62.1 Å². The van der Waals surface area contributed by atoms with Crippen LogP contribution in [0.15, 0.2) is 34.5 Å². The van der Waals surface area contributed by atoms with Gasteiger partial charge in [0.25, 0.3) is 10.0 Å². The van der Waals surface area contributed by atoms with Gasteiger partial charge >= 0.3 is 0 Å². The van der Waals surface area contributed by atoms with Crippen molar-refractivity contribution in [1.29, 1.82) is 0 Å². The quantitative estimate of drug-likeness (QED) is 0.666. The van der Waals surface area contributed by atoms with E-state index in [0.717, 1.165) is 21.9 Å². The first kappa shape index (κ1) is 22.6. The van der Waals surface area contributed by atoms with Crippen LogP contribution in [-0.4, -0.2) is 52.5 Å². The third kappa shape index (κ3) is 5.14. The van der Waals surface area contributed by atoms with Crippen LogP contribution in [0.25, 0.3) is 0 Å². The van der Waals surface area contributed by atoms with Gasteiger partial charge in [0.05, 0.1) is 20.1 Å². The van der Waals surface area contributed by atoms with E-state index in [2.05, 4.69) is 5.32 Å². The van der Waals surface area contributed by atoms with E-state index < -0.39 is 10.0 Å².